The molecule has 0 aliphatic rings. The Labute approximate surface area is 153 Å². The molecule has 0 aliphatic carbocycles. The number of aliphatic carboxylic acids is 1. The van der Waals surface area contributed by atoms with Crippen LogP contribution >= 0.6 is 0 Å². The number of benzene rings is 1. The molecule has 1 aromatic carbocycles. The van der Waals surface area contributed by atoms with Crippen LogP contribution in [0, 0.1) is 13.8 Å². The van der Waals surface area contributed by atoms with E-state index in [-0.39, 0.29) is 6.61 Å². The number of pyridine rings is 1. The van der Waals surface area contributed by atoms with Gasteiger partial charge in [0.05, 0.1) is 0 Å². The summed E-state index contributed by atoms with van der Waals surface area (Å²) in [7, 11) is -1.39. The van der Waals surface area contributed by atoms with Crippen molar-refractivity contribution in [3.8, 4) is 0 Å². The number of carbonyl (C=O) groups is 1. The molecule has 0 saturated carbocycles. The number of aromatic nitrogens is 1. The largest absolute Gasteiger partial charge is 0.488 e. The lowest BCUT2D eigenvalue weighted by molar-refractivity contribution is -0.141. The first-order chi connectivity index (χ1) is 12.2. The second-order valence-electron chi connectivity index (χ2n) is 5.17. The molecule has 0 bridgehead atoms. The Kier molecular flexibility index (Phi) is 11.9. The van der Waals surface area contributed by atoms with Gasteiger partial charge < -0.3 is 29.9 Å². The quantitative estimate of drug-likeness (QED) is 0.412. The van der Waals surface area contributed by atoms with Gasteiger partial charge in [-0.25, -0.2) is 4.79 Å². The van der Waals surface area contributed by atoms with E-state index in [0.29, 0.717) is 10.9 Å². The van der Waals surface area contributed by atoms with Crippen molar-refractivity contribution in [1.29, 1.82) is 0 Å². The molecule has 5 N–H and O–H groups in total. The van der Waals surface area contributed by atoms with Crippen molar-refractivity contribution in [2.24, 2.45) is 0 Å². The van der Waals surface area contributed by atoms with Gasteiger partial charge >= 0.3 is 20.2 Å². The summed E-state index contributed by atoms with van der Waals surface area (Å²) in [5.74, 6) is -0.933. The highest BCUT2D eigenvalue weighted by molar-refractivity contribution is 6.58. The Bertz CT molecular complexity index is 634. The molecule has 8 nitrogen and oxygen atoms in total. The zero-order valence-electron chi connectivity index (χ0n) is 14.9. The molecule has 2 aromatic rings. The molecule has 1 aromatic heterocycles. The molecular formula is C16H23B2NO7. The molecule has 0 amide bonds. The third kappa shape index (κ3) is 11.3. The first-order valence-corrected chi connectivity index (χ1v) is 7.60. The van der Waals surface area contributed by atoms with Crippen LogP contribution in [-0.2, 0) is 9.53 Å². The van der Waals surface area contributed by atoms with Crippen LogP contribution in [0.1, 0.15) is 11.4 Å². The number of ether oxygens (including phenoxy) is 1. The van der Waals surface area contributed by atoms with Crippen LogP contribution < -0.4 is 10.9 Å². The zero-order chi connectivity index (χ0) is 20.1. The van der Waals surface area contributed by atoms with E-state index in [1.165, 1.54) is 7.11 Å². The van der Waals surface area contributed by atoms with Gasteiger partial charge in [-0.05, 0) is 36.9 Å². The van der Waals surface area contributed by atoms with Gasteiger partial charge in [0.25, 0.3) is 0 Å². The molecule has 0 saturated heterocycles. The molecule has 0 aliphatic heterocycles. The second-order valence-corrected chi connectivity index (χ2v) is 5.17. The predicted molar refractivity (Wildman–Crippen MR) is 99.3 cm³/mol. The fourth-order valence-corrected chi connectivity index (χ4v) is 1.76. The maximum atomic E-state index is 9.47. The van der Waals surface area contributed by atoms with E-state index in [1.807, 2.05) is 19.9 Å². The van der Waals surface area contributed by atoms with Crippen molar-refractivity contribution >= 4 is 31.1 Å². The van der Waals surface area contributed by atoms with E-state index in [4.69, 9.17) is 25.2 Å². The highest BCUT2D eigenvalue weighted by atomic mass is 16.5. The summed E-state index contributed by atoms with van der Waals surface area (Å²) in [5.41, 5.74) is 2.62. The van der Waals surface area contributed by atoms with Crippen molar-refractivity contribution in [3.05, 3.63) is 53.9 Å². The third-order valence-corrected chi connectivity index (χ3v) is 2.77. The summed E-state index contributed by atoms with van der Waals surface area (Å²) < 4.78 is 4.20. The number of carboxylic acid groups (broad SMARTS) is 1. The van der Waals surface area contributed by atoms with Gasteiger partial charge in [-0.1, -0.05) is 30.3 Å². The van der Waals surface area contributed by atoms with E-state index < -0.39 is 20.2 Å². The minimum absolute atomic E-state index is 0.208. The SMILES string of the molecule is COCC(=O)O.Cc1cc(B(O)O)cc(C)n1.OB(O)c1ccccc1. The normalized spacial score (nSPS) is 9.19. The average Bonchev–Trinajstić information content (AvgIpc) is 2.55. The van der Waals surface area contributed by atoms with Gasteiger partial charge in [0.2, 0.25) is 0 Å². The Balaban J connectivity index is 0.000000378. The van der Waals surface area contributed by atoms with E-state index in [1.54, 1.807) is 36.4 Å². The highest BCUT2D eigenvalue weighted by Crippen LogP contribution is 1.94. The van der Waals surface area contributed by atoms with Crippen molar-refractivity contribution < 1.29 is 34.7 Å². The number of carboxylic acids is 1. The summed E-state index contributed by atoms with van der Waals surface area (Å²) in [5, 5.41) is 42.5. The highest BCUT2D eigenvalue weighted by Gasteiger charge is 2.11. The second kappa shape index (κ2) is 13.0. The Morgan fingerprint density at radius 3 is 1.69 bits per heavy atom. The molecule has 0 atom stereocenters. The fraction of sp³-hybridized carbons (Fsp3) is 0.250. The van der Waals surface area contributed by atoms with E-state index in [2.05, 4.69) is 9.72 Å². The summed E-state index contributed by atoms with van der Waals surface area (Å²) >= 11 is 0. The summed E-state index contributed by atoms with van der Waals surface area (Å²) in [6.07, 6.45) is 0. The molecule has 26 heavy (non-hydrogen) atoms. The van der Waals surface area contributed by atoms with Gasteiger partial charge in [0.1, 0.15) is 6.61 Å². The number of rotatable bonds is 4. The number of hydrogen-bond donors (Lipinski definition) is 5. The van der Waals surface area contributed by atoms with Gasteiger partial charge in [-0.2, -0.15) is 0 Å². The smallest absolute Gasteiger partial charge is 0.480 e. The standard InChI is InChI=1S/C7H10BNO2.C6H7BO2.C3H6O3/c1-5-3-7(8(10)11)4-6(2)9-5;8-7(9)6-4-2-1-3-5-6;1-6-2-3(4)5/h3-4,10-11H,1-2H3;1-5,8-9H;2H2,1H3,(H,4,5). The molecule has 0 fully saturated rings. The lowest BCUT2D eigenvalue weighted by Gasteiger charge is -2.01. The van der Waals surface area contributed by atoms with Gasteiger partial charge in [-0.3, -0.25) is 4.98 Å². The lowest BCUT2D eigenvalue weighted by atomic mass is 9.80. The molecule has 10 heteroatoms. The Morgan fingerprint density at radius 1 is 0.962 bits per heavy atom. The maximum absolute atomic E-state index is 9.47. The van der Waals surface area contributed by atoms with Gasteiger partial charge in [0, 0.05) is 18.5 Å². The van der Waals surface area contributed by atoms with Crippen molar-refractivity contribution in [2.45, 2.75) is 13.8 Å². The molecule has 2 rings (SSSR count). The predicted octanol–water partition coefficient (Wildman–Crippen LogP) is -1.54. The van der Waals surface area contributed by atoms with Crippen LogP contribution in [-0.4, -0.2) is 64.1 Å². The lowest BCUT2D eigenvalue weighted by Crippen LogP contribution is -2.30. The Hall–Kier alpha value is -2.23. The summed E-state index contributed by atoms with van der Waals surface area (Å²) in [4.78, 5) is 13.6. The molecule has 0 radical (unpaired) electrons. The molecular weight excluding hydrogens is 340 g/mol. The van der Waals surface area contributed by atoms with Crippen molar-refractivity contribution in [2.75, 3.05) is 13.7 Å². The molecule has 140 valence electrons. The number of nitrogens with zero attached hydrogens (tertiary/aromatic N) is 1. The zero-order valence-corrected chi connectivity index (χ0v) is 14.9. The van der Waals surface area contributed by atoms with Crippen LogP contribution in [0.25, 0.3) is 0 Å². The van der Waals surface area contributed by atoms with Gasteiger partial charge in [-0.15, -0.1) is 0 Å². The van der Waals surface area contributed by atoms with Gasteiger partial charge in [0.15, 0.2) is 0 Å². The third-order valence-electron chi connectivity index (χ3n) is 2.77. The van der Waals surface area contributed by atoms with E-state index >= 15 is 0 Å². The average molecular weight is 363 g/mol. The Morgan fingerprint density at radius 2 is 1.42 bits per heavy atom. The van der Waals surface area contributed by atoms with Crippen LogP contribution in [0.4, 0.5) is 0 Å². The fourth-order valence-electron chi connectivity index (χ4n) is 1.76. The summed E-state index contributed by atoms with van der Waals surface area (Å²) in [6, 6.07) is 12.0. The minimum Gasteiger partial charge on any atom is -0.480 e. The molecule has 1 heterocycles. The first-order valence-electron chi connectivity index (χ1n) is 7.60. The van der Waals surface area contributed by atoms with E-state index in [9.17, 15) is 4.79 Å². The van der Waals surface area contributed by atoms with Crippen LogP contribution in [0.2, 0.25) is 0 Å². The minimum atomic E-state index is -1.39. The van der Waals surface area contributed by atoms with Crippen molar-refractivity contribution in [1.82, 2.24) is 4.98 Å². The van der Waals surface area contributed by atoms with Crippen LogP contribution in [0.5, 0.6) is 0 Å². The maximum Gasteiger partial charge on any atom is 0.488 e. The van der Waals surface area contributed by atoms with Crippen molar-refractivity contribution in [3.63, 3.8) is 0 Å². The number of methoxy groups -OCH3 is 1. The summed E-state index contributed by atoms with van der Waals surface area (Å²) in [6.45, 7) is 3.43. The van der Waals surface area contributed by atoms with Crippen LogP contribution in [0.3, 0.4) is 0 Å². The number of aryl methyl sites for hydroxylation is 2. The van der Waals surface area contributed by atoms with Crippen LogP contribution in [0.15, 0.2) is 42.5 Å². The molecule has 0 unspecified atom stereocenters. The van der Waals surface area contributed by atoms with E-state index in [0.717, 1.165) is 11.4 Å². The molecule has 0 spiro atoms. The topological polar surface area (TPSA) is 140 Å². The monoisotopic (exact) mass is 363 g/mol. The first kappa shape index (κ1) is 23.8. The number of hydrogen-bond acceptors (Lipinski definition) is 7.